The van der Waals surface area contributed by atoms with Crippen LogP contribution in [0.2, 0.25) is 5.02 Å². The third-order valence-corrected chi connectivity index (χ3v) is 3.97. The summed E-state index contributed by atoms with van der Waals surface area (Å²) in [6.45, 7) is 0.738. The van der Waals surface area contributed by atoms with Crippen LogP contribution in [0.1, 0.15) is 26.4 Å². The molecule has 2 heterocycles. The number of rotatable bonds is 4. The van der Waals surface area contributed by atoms with Gasteiger partial charge in [-0.15, -0.1) is 0 Å². The zero-order valence-corrected chi connectivity index (χ0v) is 12.8. The Bertz CT molecular complexity index is 757. The quantitative estimate of drug-likeness (QED) is 0.887. The van der Waals surface area contributed by atoms with Crippen molar-refractivity contribution in [1.82, 2.24) is 10.3 Å². The van der Waals surface area contributed by atoms with Gasteiger partial charge in [0.25, 0.3) is 11.8 Å². The summed E-state index contributed by atoms with van der Waals surface area (Å²) >= 11 is 5.90. The molecular formula is C16H14ClN3O3. The molecule has 1 aliphatic heterocycles. The first-order valence-electron chi connectivity index (χ1n) is 6.92. The van der Waals surface area contributed by atoms with Gasteiger partial charge in [-0.2, -0.15) is 0 Å². The summed E-state index contributed by atoms with van der Waals surface area (Å²) in [5.74, 6) is -1.01. The molecule has 3 rings (SSSR count). The van der Waals surface area contributed by atoms with E-state index in [-0.39, 0.29) is 11.6 Å². The van der Waals surface area contributed by atoms with E-state index in [1.807, 2.05) is 12.1 Å². The second kappa shape index (κ2) is 5.98. The molecule has 1 fully saturated rings. The normalized spacial score (nSPS) is 15.5. The topological polar surface area (TPSA) is 94.3 Å². The SMILES string of the molecule is NC(=O)c1cc(C(=O)NC2(c3ccc(Cl)cc3)COC2)ccn1. The van der Waals surface area contributed by atoms with Crippen molar-refractivity contribution < 1.29 is 14.3 Å². The van der Waals surface area contributed by atoms with E-state index in [1.165, 1.54) is 18.3 Å². The molecule has 0 unspecified atom stereocenters. The van der Waals surface area contributed by atoms with Crippen molar-refractivity contribution in [3.63, 3.8) is 0 Å². The summed E-state index contributed by atoms with van der Waals surface area (Å²) in [6.07, 6.45) is 1.38. The molecule has 2 amide bonds. The summed E-state index contributed by atoms with van der Waals surface area (Å²) in [5.41, 5.74) is 5.85. The van der Waals surface area contributed by atoms with Gasteiger partial charge in [-0.25, -0.2) is 0 Å². The second-order valence-electron chi connectivity index (χ2n) is 5.33. The predicted molar refractivity (Wildman–Crippen MR) is 84.2 cm³/mol. The maximum atomic E-state index is 12.5. The van der Waals surface area contributed by atoms with Crippen LogP contribution in [-0.2, 0) is 10.3 Å². The van der Waals surface area contributed by atoms with Crippen LogP contribution >= 0.6 is 11.6 Å². The van der Waals surface area contributed by atoms with Gasteiger partial charge in [0.2, 0.25) is 0 Å². The van der Waals surface area contributed by atoms with E-state index in [0.29, 0.717) is 23.8 Å². The van der Waals surface area contributed by atoms with Crippen LogP contribution in [0.4, 0.5) is 0 Å². The summed E-state index contributed by atoms with van der Waals surface area (Å²) in [4.78, 5) is 27.5. The number of hydrogen-bond acceptors (Lipinski definition) is 4. The molecule has 3 N–H and O–H groups in total. The minimum absolute atomic E-state index is 0.0445. The largest absolute Gasteiger partial charge is 0.376 e. The fourth-order valence-corrected chi connectivity index (χ4v) is 2.51. The van der Waals surface area contributed by atoms with Crippen LogP contribution in [-0.4, -0.2) is 30.0 Å². The average molecular weight is 332 g/mol. The van der Waals surface area contributed by atoms with E-state index in [1.54, 1.807) is 12.1 Å². The minimum atomic E-state index is -0.681. The maximum Gasteiger partial charge on any atom is 0.267 e. The van der Waals surface area contributed by atoms with E-state index in [4.69, 9.17) is 22.1 Å². The van der Waals surface area contributed by atoms with Gasteiger partial charge in [0.15, 0.2) is 0 Å². The Kier molecular flexibility index (Phi) is 4.02. The highest BCUT2D eigenvalue weighted by atomic mass is 35.5. The van der Waals surface area contributed by atoms with E-state index < -0.39 is 11.4 Å². The van der Waals surface area contributed by atoms with Crippen molar-refractivity contribution in [2.75, 3.05) is 13.2 Å². The first kappa shape index (κ1) is 15.5. The third kappa shape index (κ3) is 3.04. The molecule has 0 atom stereocenters. The number of ether oxygens (including phenoxy) is 1. The van der Waals surface area contributed by atoms with Crippen molar-refractivity contribution in [2.45, 2.75) is 5.54 Å². The van der Waals surface area contributed by atoms with Gasteiger partial charge in [0.1, 0.15) is 11.2 Å². The summed E-state index contributed by atoms with van der Waals surface area (Å²) in [6, 6.07) is 10.1. The van der Waals surface area contributed by atoms with Crippen molar-refractivity contribution >= 4 is 23.4 Å². The lowest BCUT2D eigenvalue weighted by Gasteiger charge is -2.42. The Morgan fingerprint density at radius 3 is 2.48 bits per heavy atom. The number of pyridine rings is 1. The Hall–Kier alpha value is -2.44. The Labute approximate surface area is 137 Å². The van der Waals surface area contributed by atoms with Gasteiger partial charge in [-0.3, -0.25) is 14.6 Å². The highest BCUT2D eigenvalue weighted by Crippen LogP contribution is 2.30. The maximum absolute atomic E-state index is 12.5. The second-order valence-corrected chi connectivity index (χ2v) is 5.77. The minimum Gasteiger partial charge on any atom is -0.376 e. The molecule has 0 saturated carbocycles. The highest BCUT2D eigenvalue weighted by Gasteiger charge is 2.42. The van der Waals surface area contributed by atoms with E-state index in [0.717, 1.165) is 5.56 Å². The first-order chi connectivity index (χ1) is 11.0. The molecule has 2 aromatic rings. The molecule has 118 valence electrons. The van der Waals surface area contributed by atoms with E-state index >= 15 is 0 Å². The molecule has 0 spiro atoms. The van der Waals surface area contributed by atoms with Crippen LogP contribution in [0.5, 0.6) is 0 Å². The number of halogens is 1. The van der Waals surface area contributed by atoms with E-state index in [2.05, 4.69) is 10.3 Å². The van der Waals surface area contributed by atoms with Crippen molar-refractivity contribution in [1.29, 1.82) is 0 Å². The fraction of sp³-hybridized carbons (Fsp3) is 0.188. The van der Waals surface area contributed by atoms with Crippen LogP contribution < -0.4 is 11.1 Å². The Balaban J connectivity index is 1.84. The number of nitrogens with one attached hydrogen (secondary N) is 1. The molecule has 0 bridgehead atoms. The van der Waals surface area contributed by atoms with Crippen molar-refractivity contribution in [2.24, 2.45) is 5.73 Å². The lowest BCUT2D eigenvalue weighted by Crippen LogP contribution is -2.59. The van der Waals surface area contributed by atoms with Gasteiger partial charge >= 0.3 is 0 Å². The van der Waals surface area contributed by atoms with Crippen molar-refractivity contribution in [3.8, 4) is 0 Å². The summed E-state index contributed by atoms with van der Waals surface area (Å²) in [5, 5.41) is 3.58. The van der Waals surface area contributed by atoms with Gasteiger partial charge in [-0.1, -0.05) is 23.7 Å². The van der Waals surface area contributed by atoms with Crippen LogP contribution in [0.15, 0.2) is 42.6 Å². The van der Waals surface area contributed by atoms with Crippen molar-refractivity contribution in [3.05, 3.63) is 64.4 Å². The molecule has 0 radical (unpaired) electrons. The van der Waals surface area contributed by atoms with Gasteiger partial charge in [0.05, 0.1) is 13.2 Å². The molecular weight excluding hydrogens is 318 g/mol. The number of carbonyl (C=O) groups excluding carboxylic acids is 2. The summed E-state index contributed by atoms with van der Waals surface area (Å²) in [7, 11) is 0. The molecule has 6 nitrogen and oxygen atoms in total. The fourth-order valence-electron chi connectivity index (χ4n) is 2.38. The standard InChI is InChI=1S/C16H14ClN3O3/c17-12-3-1-11(2-4-12)16(8-23-9-16)20-15(22)10-5-6-19-13(7-10)14(18)21/h1-7H,8-9H2,(H2,18,21)(H,20,22). The number of carbonyl (C=O) groups is 2. The van der Waals surface area contributed by atoms with Crippen LogP contribution in [0.3, 0.4) is 0 Å². The molecule has 1 saturated heterocycles. The highest BCUT2D eigenvalue weighted by molar-refractivity contribution is 6.30. The zero-order chi connectivity index (χ0) is 16.4. The number of nitrogens with zero attached hydrogens (tertiary/aromatic N) is 1. The predicted octanol–water partition coefficient (Wildman–Crippen LogP) is 1.49. The monoisotopic (exact) mass is 331 g/mol. The van der Waals surface area contributed by atoms with Gasteiger partial charge < -0.3 is 15.8 Å². The summed E-state index contributed by atoms with van der Waals surface area (Å²) < 4.78 is 5.29. The number of benzene rings is 1. The molecule has 1 aromatic heterocycles. The number of aromatic nitrogens is 1. The first-order valence-corrected chi connectivity index (χ1v) is 7.30. The van der Waals surface area contributed by atoms with E-state index in [9.17, 15) is 9.59 Å². The number of amides is 2. The lowest BCUT2D eigenvalue weighted by atomic mass is 9.87. The Morgan fingerprint density at radius 2 is 1.91 bits per heavy atom. The molecule has 1 aliphatic rings. The Morgan fingerprint density at radius 1 is 1.22 bits per heavy atom. The molecule has 7 heteroatoms. The zero-order valence-electron chi connectivity index (χ0n) is 12.1. The van der Waals surface area contributed by atoms with Crippen LogP contribution in [0, 0.1) is 0 Å². The van der Waals surface area contributed by atoms with Gasteiger partial charge in [0, 0.05) is 16.8 Å². The average Bonchev–Trinajstić information content (AvgIpc) is 2.52. The molecule has 23 heavy (non-hydrogen) atoms. The number of nitrogens with two attached hydrogens (primary N) is 1. The van der Waals surface area contributed by atoms with Gasteiger partial charge in [-0.05, 0) is 29.8 Å². The van der Waals surface area contributed by atoms with Crippen LogP contribution in [0.25, 0.3) is 0 Å². The third-order valence-electron chi connectivity index (χ3n) is 3.72. The smallest absolute Gasteiger partial charge is 0.267 e. The molecule has 1 aromatic carbocycles. The number of hydrogen-bond donors (Lipinski definition) is 2. The molecule has 0 aliphatic carbocycles. The lowest BCUT2D eigenvalue weighted by molar-refractivity contribution is -0.0733. The number of primary amides is 1.